The van der Waals surface area contributed by atoms with Gasteiger partial charge in [-0.25, -0.2) is 0 Å². The molecule has 0 aliphatic carbocycles. The van der Waals surface area contributed by atoms with Gasteiger partial charge in [0, 0.05) is 30.7 Å². The molecule has 2 atom stereocenters. The van der Waals surface area contributed by atoms with Crippen molar-refractivity contribution in [3.05, 3.63) is 35.9 Å². The molecule has 0 saturated carbocycles. The molecule has 0 amide bonds. The summed E-state index contributed by atoms with van der Waals surface area (Å²) in [6.45, 7) is 7.60. The fourth-order valence-corrected chi connectivity index (χ4v) is 3.04. The Bertz CT molecular complexity index is 434. The van der Waals surface area contributed by atoms with E-state index < -0.39 is 5.92 Å². The standard InChI is InChI=1S/C17H26F2N2/c1-4-15-11-21(16(10-20-15)13(2)3)12-17(18,19)14-8-6-5-7-9-14/h5-9,13,15-16,20H,4,10-12H2,1-3H3. The van der Waals surface area contributed by atoms with Crippen molar-refractivity contribution in [2.75, 3.05) is 19.6 Å². The predicted octanol–water partition coefficient (Wildman–Crippen LogP) is 3.49. The molecule has 1 saturated heterocycles. The largest absolute Gasteiger partial charge is 0.311 e. The molecule has 4 heteroatoms. The third-order valence-corrected chi connectivity index (χ3v) is 4.40. The smallest absolute Gasteiger partial charge is 0.285 e. The molecular formula is C17H26F2N2. The van der Waals surface area contributed by atoms with Gasteiger partial charge in [0.15, 0.2) is 0 Å². The van der Waals surface area contributed by atoms with Gasteiger partial charge in [0.2, 0.25) is 0 Å². The van der Waals surface area contributed by atoms with Gasteiger partial charge < -0.3 is 5.32 Å². The van der Waals surface area contributed by atoms with Crippen LogP contribution in [0.4, 0.5) is 8.78 Å². The molecule has 1 N–H and O–H groups in total. The van der Waals surface area contributed by atoms with Crippen molar-refractivity contribution in [2.45, 2.75) is 45.2 Å². The maximum atomic E-state index is 14.5. The van der Waals surface area contributed by atoms with E-state index in [9.17, 15) is 8.78 Å². The first kappa shape index (κ1) is 16.4. The third kappa shape index (κ3) is 4.01. The van der Waals surface area contributed by atoms with E-state index >= 15 is 0 Å². The minimum atomic E-state index is -2.80. The molecule has 1 heterocycles. The molecule has 1 aliphatic rings. The van der Waals surface area contributed by atoms with Crippen LogP contribution in [0.1, 0.15) is 32.8 Å². The first-order valence-electron chi connectivity index (χ1n) is 7.84. The Hall–Kier alpha value is -1.00. The first-order chi connectivity index (χ1) is 9.94. The SMILES string of the molecule is CCC1CN(CC(F)(F)c2ccccc2)C(C(C)C)CN1. The number of piperazine rings is 1. The fraction of sp³-hybridized carbons (Fsp3) is 0.647. The number of hydrogen-bond donors (Lipinski definition) is 1. The van der Waals surface area contributed by atoms with E-state index in [4.69, 9.17) is 0 Å². The van der Waals surface area contributed by atoms with Gasteiger partial charge >= 0.3 is 0 Å². The van der Waals surface area contributed by atoms with Gasteiger partial charge in [-0.15, -0.1) is 0 Å². The summed E-state index contributed by atoms with van der Waals surface area (Å²) in [7, 11) is 0. The Labute approximate surface area is 126 Å². The van der Waals surface area contributed by atoms with E-state index in [0.29, 0.717) is 18.5 Å². The monoisotopic (exact) mass is 296 g/mol. The highest BCUT2D eigenvalue weighted by Gasteiger charge is 2.39. The lowest BCUT2D eigenvalue weighted by molar-refractivity contribution is -0.0619. The zero-order valence-corrected chi connectivity index (χ0v) is 13.2. The summed E-state index contributed by atoms with van der Waals surface area (Å²) < 4.78 is 29.1. The number of hydrogen-bond acceptors (Lipinski definition) is 2. The van der Waals surface area contributed by atoms with E-state index in [1.807, 2.05) is 4.90 Å². The van der Waals surface area contributed by atoms with E-state index in [0.717, 1.165) is 13.0 Å². The van der Waals surface area contributed by atoms with Crippen LogP contribution in [-0.4, -0.2) is 36.6 Å². The average Bonchev–Trinajstić information content (AvgIpc) is 2.47. The second kappa shape index (κ2) is 6.84. The zero-order valence-electron chi connectivity index (χ0n) is 13.2. The number of halogens is 2. The Morgan fingerprint density at radius 1 is 1.29 bits per heavy atom. The summed E-state index contributed by atoms with van der Waals surface area (Å²) in [6, 6.07) is 8.64. The van der Waals surface area contributed by atoms with E-state index in [-0.39, 0.29) is 18.2 Å². The molecule has 2 nitrogen and oxygen atoms in total. The van der Waals surface area contributed by atoms with Gasteiger partial charge in [0.1, 0.15) is 0 Å². The van der Waals surface area contributed by atoms with Crippen LogP contribution in [0.3, 0.4) is 0 Å². The number of benzene rings is 1. The molecule has 0 aromatic heterocycles. The molecule has 1 aromatic rings. The minimum Gasteiger partial charge on any atom is -0.311 e. The molecule has 1 aliphatic heterocycles. The summed E-state index contributed by atoms with van der Waals surface area (Å²) in [4.78, 5) is 1.97. The lowest BCUT2D eigenvalue weighted by Gasteiger charge is -2.43. The highest BCUT2D eigenvalue weighted by Crippen LogP contribution is 2.31. The summed E-state index contributed by atoms with van der Waals surface area (Å²) in [5, 5.41) is 3.47. The van der Waals surface area contributed by atoms with Crippen molar-refractivity contribution in [1.29, 1.82) is 0 Å². The van der Waals surface area contributed by atoms with Gasteiger partial charge in [-0.1, -0.05) is 51.1 Å². The molecular weight excluding hydrogens is 270 g/mol. The van der Waals surface area contributed by atoms with Crippen LogP contribution in [0, 0.1) is 5.92 Å². The van der Waals surface area contributed by atoms with Crippen molar-refractivity contribution in [2.24, 2.45) is 5.92 Å². The maximum absolute atomic E-state index is 14.5. The maximum Gasteiger partial charge on any atom is 0.285 e. The van der Waals surface area contributed by atoms with Crippen molar-refractivity contribution < 1.29 is 8.78 Å². The van der Waals surface area contributed by atoms with Gasteiger partial charge in [-0.3, -0.25) is 4.90 Å². The normalized spacial score (nSPS) is 24.5. The molecule has 118 valence electrons. The lowest BCUT2D eigenvalue weighted by Crippen LogP contribution is -2.59. The molecule has 2 rings (SSSR count). The number of nitrogens with one attached hydrogen (secondary N) is 1. The van der Waals surface area contributed by atoms with Crippen LogP contribution < -0.4 is 5.32 Å². The Balaban J connectivity index is 2.13. The summed E-state index contributed by atoms with van der Waals surface area (Å²) in [5.74, 6) is -2.44. The number of rotatable bonds is 5. The average molecular weight is 296 g/mol. The minimum absolute atomic E-state index is 0.110. The quantitative estimate of drug-likeness (QED) is 0.895. The van der Waals surface area contributed by atoms with E-state index in [1.165, 1.54) is 12.1 Å². The van der Waals surface area contributed by atoms with Gasteiger partial charge in [0.25, 0.3) is 5.92 Å². The Kier molecular flexibility index (Phi) is 5.33. The molecule has 0 bridgehead atoms. The summed E-state index contributed by atoms with van der Waals surface area (Å²) >= 11 is 0. The topological polar surface area (TPSA) is 15.3 Å². The summed E-state index contributed by atoms with van der Waals surface area (Å²) in [6.07, 6.45) is 0.970. The van der Waals surface area contributed by atoms with Crippen molar-refractivity contribution >= 4 is 0 Å². The van der Waals surface area contributed by atoms with Crippen LogP contribution in [0.5, 0.6) is 0 Å². The fourth-order valence-electron chi connectivity index (χ4n) is 3.04. The highest BCUT2D eigenvalue weighted by molar-refractivity contribution is 5.20. The Morgan fingerprint density at radius 2 is 1.95 bits per heavy atom. The third-order valence-electron chi connectivity index (χ3n) is 4.40. The van der Waals surface area contributed by atoms with Crippen LogP contribution in [0.15, 0.2) is 30.3 Å². The van der Waals surface area contributed by atoms with E-state index in [1.54, 1.807) is 18.2 Å². The predicted molar refractivity (Wildman–Crippen MR) is 82.6 cm³/mol. The number of nitrogens with zero attached hydrogens (tertiary/aromatic N) is 1. The molecule has 1 fully saturated rings. The lowest BCUT2D eigenvalue weighted by atomic mass is 9.96. The van der Waals surface area contributed by atoms with Gasteiger partial charge in [0.05, 0.1) is 6.54 Å². The highest BCUT2D eigenvalue weighted by atomic mass is 19.3. The van der Waals surface area contributed by atoms with Crippen molar-refractivity contribution in [1.82, 2.24) is 10.2 Å². The summed E-state index contributed by atoms with van der Waals surface area (Å²) in [5.41, 5.74) is 0.110. The second-order valence-corrected chi connectivity index (χ2v) is 6.32. The van der Waals surface area contributed by atoms with Crippen molar-refractivity contribution in [3.8, 4) is 0 Å². The van der Waals surface area contributed by atoms with Gasteiger partial charge in [-0.2, -0.15) is 8.78 Å². The molecule has 21 heavy (non-hydrogen) atoms. The zero-order chi connectivity index (χ0) is 15.5. The first-order valence-corrected chi connectivity index (χ1v) is 7.84. The second-order valence-electron chi connectivity index (χ2n) is 6.32. The van der Waals surface area contributed by atoms with E-state index in [2.05, 4.69) is 26.1 Å². The van der Waals surface area contributed by atoms with Crippen molar-refractivity contribution in [3.63, 3.8) is 0 Å². The molecule has 0 radical (unpaired) electrons. The van der Waals surface area contributed by atoms with Crippen LogP contribution in [-0.2, 0) is 5.92 Å². The molecule has 1 aromatic carbocycles. The van der Waals surface area contributed by atoms with Crippen LogP contribution in [0.2, 0.25) is 0 Å². The van der Waals surface area contributed by atoms with Crippen LogP contribution >= 0.6 is 0 Å². The van der Waals surface area contributed by atoms with Crippen LogP contribution in [0.25, 0.3) is 0 Å². The number of alkyl halides is 2. The van der Waals surface area contributed by atoms with Gasteiger partial charge in [-0.05, 0) is 12.3 Å². The molecule has 2 unspecified atom stereocenters. The Morgan fingerprint density at radius 3 is 2.52 bits per heavy atom. The molecule has 0 spiro atoms.